The van der Waals surface area contributed by atoms with Gasteiger partial charge in [0.1, 0.15) is 11.6 Å². The standard InChI is InChI=1S/C29H31FN2O3/c1-4-27(33)32-15-14-22-12-13-25(17-26(22)28(32)23-10-8-19(2)9-11-23)35-20(3)29(34)31-18-21-6-5-7-24(30)16-21/h5-13,16-17,20,28H,4,14-15,18H2,1-3H3,(H,31,34). The number of fused-ring (bicyclic) bond motifs is 1. The van der Waals surface area contributed by atoms with E-state index in [1.165, 1.54) is 17.7 Å². The van der Waals surface area contributed by atoms with Gasteiger partial charge in [-0.1, -0.05) is 55.0 Å². The highest BCUT2D eigenvalue weighted by Gasteiger charge is 2.32. The van der Waals surface area contributed by atoms with Gasteiger partial charge in [0.05, 0.1) is 6.04 Å². The molecule has 5 nitrogen and oxygen atoms in total. The molecule has 2 atom stereocenters. The molecule has 1 N–H and O–H groups in total. The summed E-state index contributed by atoms with van der Waals surface area (Å²) in [5, 5.41) is 2.79. The van der Waals surface area contributed by atoms with Gasteiger partial charge in [-0.15, -0.1) is 0 Å². The highest BCUT2D eigenvalue weighted by Crippen LogP contribution is 2.37. The summed E-state index contributed by atoms with van der Waals surface area (Å²) in [5.41, 5.74) is 5.09. The molecule has 2 amide bonds. The zero-order valence-corrected chi connectivity index (χ0v) is 20.4. The first-order chi connectivity index (χ1) is 16.9. The summed E-state index contributed by atoms with van der Waals surface area (Å²) in [6.45, 7) is 6.49. The lowest BCUT2D eigenvalue weighted by Gasteiger charge is -2.38. The molecule has 0 fully saturated rings. The molecule has 4 rings (SSSR count). The number of carbonyl (C=O) groups excluding carboxylic acids is 2. The first-order valence-electron chi connectivity index (χ1n) is 12.0. The van der Waals surface area contributed by atoms with Gasteiger partial charge in [0.15, 0.2) is 6.10 Å². The van der Waals surface area contributed by atoms with E-state index in [0.29, 0.717) is 24.3 Å². The second-order valence-electron chi connectivity index (χ2n) is 8.97. The Hall–Kier alpha value is -3.67. The van der Waals surface area contributed by atoms with Crippen molar-refractivity contribution in [1.29, 1.82) is 0 Å². The Kier molecular flexibility index (Phi) is 7.49. The maximum atomic E-state index is 13.4. The molecule has 6 heteroatoms. The number of nitrogens with one attached hydrogen (secondary N) is 1. The molecule has 0 saturated carbocycles. The van der Waals surface area contributed by atoms with Crippen LogP contribution in [0.5, 0.6) is 5.75 Å². The Bertz CT molecular complexity index is 1210. The number of nitrogens with zero attached hydrogens (tertiary/aromatic N) is 1. The molecule has 1 aliphatic heterocycles. The van der Waals surface area contributed by atoms with Crippen LogP contribution in [-0.4, -0.2) is 29.4 Å². The average Bonchev–Trinajstić information content (AvgIpc) is 2.86. The molecule has 182 valence electrons. The van der Waals surface area contributed by atoms with E-state index in [-0.39, 0.29) is 30.2 Å². The first-order valence-corrected chi connectivity index (χ1v) is 12.0. The summed E-state index contributed by atoms with van der Waals surface area (Å²) in [6, 6.07) is 20.0. The van der Waals surface area contributed by atoms with E-state index in [1.807, 2.05) is 36.9 Å². The van der Waals surface area contributed by atoms with Crippen LogP contribution in [0.4, 0.5) is 4.39 Å². The van der Waals surface area contributed by atoms with Crippen molar-refractivity contribution >= 4 is 11.8 Å². The van der Waals surface area contributed by atoms with Crippen molar-refractivity contribution in [2.75, 3.05) is 6.54 Å². The van der Waals surface area contributed by atoms with Gasteiger partial charge in [-0.05, 0) is 66.8 Å². The summed E-state index contributed by atoms with van der Waals surface area (Å²) in [7, 11) is 0. The minimum Gasteiger partial charge on any atom is -0.481 e. The highest BCUT2D eigenvalue weighted by atomic mass is 19.1. The topological polar surface area (TPSA) is 58.6 Å². The van der Waals surface area contributed by atoms with E-state index in [9.17, 15) is 14.0 Å². The summed E-state index contributed by atoms with van der Waals surface area (Å²) >= 11 is 0. The van der Waals surface area contributed by atoms with Crippen molar-refractivity contribution in [2.24, 2.45) is 0 Å². The Labute approximate surface area is 205 Å². The van der Waals surface area contributed by atoms with Crippen LogP contribution in [0.2, 0.25) is 0 Å². The van der Waals surface area contributed by atoms with Gasteiger partial charge < -0.3 is 15.0 Å². The molecule has 35 heavy (non-hydrogen) atoms. The molecule has 0 bridgehead atoms. The van der Waals surface area contributed by atoms with Gasteiger partial charge in [-0.2, -0.15) is 0 Å². The molecular weight excluding hydrogens is 443 g/mol. The maximum Gasteiger partial charge on any atom is 0.261 e. The van der Waals surface area contributed by atoms with Crippen molar-refractivity contribution < 1.29 is 18.7 Å². The summed E-state index contributed by atoms with van der Waals surface area (Å²) in [6.07, 6.45) is 0.473. The zero-order chi connectivity index (χ0) is 24.9. The lowest BCUT2D eigenvalue weighted by Crippen LogP contribution is -2.40. The minimum atomic E-state index is -0.739. The summed E-state index contributed by atoms with van der Waals surface area (Å²) in [5.74, 6) is 0.0522. The zero-order valence-electron chi connectivity index (χ0n) is 20.4. The number of benzene rings is 3. The van der Waals surface area contributed by atoms with Gasteiger partial charge in [0, 0.05) is 19.5 Å². The predicted octanol–water partition coefficient (Wildman–Crippen LogP) is 5.10. The Morgan fingerprint density at radius 2 is 1.89 bits per heavy atom. The molecule has 2 unspecified atom stereocenters. The third-order valence-corrected chi connectivity index (χ3v) is 6.40. The van der Waals surface area contributed by atoms with Crippen LogP contribution in [0, 0.1) is 12.7 Å². The number of carbonyl (C=O) groups is 2. The van der Waals surface area contributed by atoms with E-state index in [4.69, 9.17) is 4.74 Å². The molecule has 0 saturated heterocycles. The van der Waals surface area contributed by atoms with Crippen LogP contribution in [0.1, 0.15) is 54.1 Å². The fourth-order valence-electron chi connectivity index (χ4n) is 4.48. The highest BCUT2D eigenvalue weighted by molar-refractivity contribution is 5.80. The van der Waals surface area contributed by atoms with E-state index in [0.717, 1.165) is 23.1 Å². The van der Waals surface area contributed by atoms with Crippen molar-refractivity contribution in [3.63, 3.8) is 0 Å². The fourth-order valence-corrected chi connectivity index (χ4v) is 4.48. The van der Waals surface area contributed by atoms with E-state index in [2.05, 4.69) is 29.6 Å². The van der Waals surface area contributed by atoms with Crippen LogP contribution >= 0.6 is 0 Å². The number of aryl methyl sites for hydroxylation is 1. The van der Waals surface area contributed by atoms with Crippen molar-refractivity contribution in [3.8, 4) is 5.75 Å². The normalized spacial score (nSPS) is 15.8. The molecule has 0 aromatic heterocycles. The smallest absolute Gasteiger partial charge is 0.261 e. The van der Waals surface area contributed by atoms with E-state index >= 15 is 0 Å². The third kappa shape index (κ3) is 5.70. The van der Waals surface area contributed by atoms with Gasteiger partial charge >= 0.3 is 0 Å². The number of hydrogen-bond donors (Lipinski definition) is 1. The Morgan fingerprint density at radius 1 is 1.11 bits per heavy atom. The second-order valence-corrected chi connectivity index (χ2v) is 8.97. The first kappa shape index (κ1) is 24.5. The van der Waals surface area contributed by atoms with Crippen molar-refractivity contribution in [1.82, 2.24) is 10.2 Å². The second kappa shape index (κ2) is 10.7. The summed E-state index contributed by atoms with van der Waals surface area (Å²) in [4.78, 5) is 27.4. The van der Waals surface area contributed by atoms with Crippen LogP contribution in [0.3, 0.4) is 0 Å². The molecule has 1 heterocycles. The predicted molar refractivity (Wildman–Crippen MR) is 134 cm³/mol. The van der Waals surface area contributed by atoms with Crippen LogP contribution in [0.25, 0.3) is 0 Å². The number of amides is 2. The average molecular weight is 475 g/mol. The Balaban J connectivity index is 1.54. The minimum absolute atomic E-state index is 0.109. The van der Waals surface area contributed by atoms with Gasteiger partial charge in [-0.3, -0.25) is 9.59 Å². The Morgan fingerprint density at radius 3 is 2.60 bits per heavy atom. The maximum absolute atomic E-state index is 13.4. The molecule has 0 spiro atoms. The number of rotatable bonds is 7. The van der Waals surface area contributed by atoms with Gasteiger partial charge in [0.25, 0.3) is 5.91 Å². The molecular formula is C29H31FN2O3. The van der Waals surface area contributed by atoms with Crippen molar-refractivity contribution in [2.45, 2.75) is 52.3 Å². The molecule has 1 aliphatic rings. The van der Waals surface area contributed by atoms with Crippen LogP contribution < -0.4 is 10.1 Å². The molecule has 3 aromatic carbocycles. The van der Waals surface area contributed by atoms with E-state index < -0.39 is 6.10 Å². The van der Waals surface area contributed by atoms with Gasteiger partial charge in [-0.25, -0.2) is 4.39 Å². The quantitative estimate of drug-likeness (QED) is 0.518. The lowest BCUT2D eigenvalue weighted by atomic mass is 9.87. The largest absolute Gasteiger partial charge is 0.481 e. The fraction of sp³-hybridized carbons (Fsp3) is 0.310. The van der Waals surface area contributed by atoms with Crippen LogP contribution in [-0.2, 0) is 22.6 Å². The molecule has 0 radical (unpaired) electrons. The lowest BCUT2D eigenvalue weighted by molar-refractivity contribution is -0.133. The monoisotopic (exact) mass is 474 g/mol. The summed E-state index contributed by atoms with van der Waals surface area (Å²) < 4.78 is 19.4. The van der Waals surface area contributed by atoms with Crippen LogP contribution in [0.15, 0.2) is 66.7 Å². The van der Waals surface area contributed by atoms with E-state index in [1.54, 1.807) is 19.1 Å². The molecule has 0 aliphatic carbocycles. The SMILES string of the molecule is CCC(=O)N1CCc2ccc(OC(C)C(=O)NCc3cccc(F)c3)cc2C1c1ccc(C)cc1. The van der Waals surface area contributed by atoms with Gasteiger partial charge in [0.2, 0.25) is 5.91 Å². The van der Waals surface area contributed by atoms with Crippen molar-refractivity contribution in [3.05, 3.63) is 100 Å². The number of halogens is 1. The molecule has 3 aromatic rings. The number of hydrogen-bond acceptors (Lipinski definition) is 3. The third-order valence-electron chi connectivity index (χ3n) is 6.40. The number of ether oxygens (including phenoxy) is 1.